The summed E-state index contributed by atoms with van der Waals surface area (Å²) in [4.78, 5) is 4.49. The van der Waals surface area contributed by atoms with Crippen LogP contribution in [0.1, 0.15) is 56.8 Å². The molecule has 0 amide bonds. The molecule has 0 aliphatic heterocycles. The van der Waals surface area contributed by atoms with E-state index in [1.165, 1.54) is 19.3 Å². The van der Waals surface area contributed by atoms with E-state index in [-0.39, 0.29) is 6.04 Å². The summed E-state index contributed by atoms with van der Waals surface area (Å²) in [5.41, 5.74) is 6.89. The second kappa shape index (κ2) is 6.99. The van der Waals surface area contributed by atoms with Crippen LogP contribution in [0.15, 0.2) is 5.38 Å². The first-order valence-corrected chi connectivity index (χ1v) is 6.94. The molecule has 1 aromatic rings. The van der Waals surface area contributed by atoms with Crippen LogP contribution in [0, 0.1) is 0 Å². The van der Waals surface area contributed by atoms with E-state index in [0.717, 1.165) is 17.2 Å². The lowest BCUT2D eigenvalue weighted by Gasteiger charge is -2.11. The molecule has 0 aliphatic carbocycles. The van der Waals surface area contributed by atoms with Crippen molar-refractivity contribution < 1.29 is 0 Å². The number of nitrogens with zero attached hydrogens (tertiary/aromatic N) is 1. The molecular weight excluding hydrogens is 218 g/mol. The molecule has 0 bridgehead atoms. The van der Waals surface area contributed by atoms with Crippen molar-refractivity contribution in [3.63, 3.8) is 0 Å². The third-order valence-corrected chi connectivity index (χ3v) is 3.68. The van der Waals surface area contributed by atoms with E-state index in [0.29, 0.717) is 6.04 Å². The SMILES string of the molecule is CCCCC(C)NCc1csc(C(C)N)n1. The molecule has 0 saturated carbocycles. The Bertz CT molecular complexity index is 296. The van der Waals surface area contributed by atoms with Gasteiger partial charge in [-0.15, -0.1) is 11.3 Å². The predicted molar refractivity (Wildman–Crippen MR) is 70.5 cm³/mol. The van der Waals surface area contributed by atoms with Gasteiger partial charge in [0.25, 0.3) is 0 Å². The van der Waals surface area contributed by atoms with Gasteiger partial charge < -0.3 is 11.1 Å². The molecule has 1 rings (SSSR count). The molecule has 0 radical (unpaired) electrons. The quantitative estimate of drug-likeness (QED) is 0.772. The predicted octanol–water partition coefficient (Wildman–Crippen LogP) is 2.83. The molecule has 2 atom stereocenters. The summed E-state index contributed by atoms with van der Waals surface area (Å²) in [6.45, 7) is 7.28. The maximum absolute atomic E-state index is 5.78. The van der Waals surface area contributed by atoms with Gasteiger partial charge in [-0.1, -0.05) is 19.8 Å². The maximum atomic E-state index is 5.78. The van der Waals surface area contributed by atoms with Crippen LogP contribution in [-0.4, -0.2) is 11.0 Å². The van der Waals surface area contributed by atoms with Crippen molar-refractivity contribution in [1.29, 1.82) is 0 Å². The summed E-state index contributed by atoms with van der Waals surface area (Å²) >= 11 is 1.65. The van der Waals surface area contributed by atoms with E-state index < -0.39 is 0 Å². The molecule has 0 fully saturated rings. The number of rotatable bonds is 7. The summed E-state index contributed by atoms with van der Waals surface area (Å²) in [5.74, 6) is 0. The molecule has 3 nitrogen and oxygen atoms in total. The van der Waals surface area contributed by atoms with Crippen LogP contribution in [0.5, 0.6) is 0 Å². The molecule has 0 saturated heterocycles. The van der Waals surface area contributed by atoms with E-state index in [1.807, 2.05) is 6.92 Å². The zero-order valence-electron chi connectivity index (χ0n) is 10.5. The molecule has 1 heterocycles. The highest BCUT2D eigenvalue weighted by Crippen LogP contribution is 2.15. The number of nitrogens with one attached hydrogen (secondary N) is 1. The van der Waals surface area contributed by atoms with Gasteiger partial charge >= 0.3 is 0 Å². The van der Waals surface area contributed by atoms with E-state index in [2.05, 4.69) is 29.5 Å². The fourth-order valence-electron chi connectivity index (χ4n) is 1.50. The molecular formula is C12H23N3S. The van der Waals surface area contributed by atoms with Crippen molar-refractivity contribution in [2.45, 2.75) is 58.7 Å². The number of hydrogen-bond donors (Lipinski definition) is 2. The number of unbranched alkanes of at least 4 members (excludes halogenated alkanes) is 1. The van der Waals surface area contributed by atoms with Gasteiger partial charge in [0.15, 0.2) is 0 Å². The normalized spacial score (nSPS) is 15.0. The number of hydrogen-bond acceptors (Lipinski definition) is 4. The Labute approximate surface area is 102 Å². The fourth-order valence-corrected chi connectivity index (χ4v) is 2.28. The van der Waals surface area contributed by atoms with E-state index in [4.69, 9.17) is 5.73 Å². The first kappa shape index (κ1) is 13.6. The van der Waals surface area contributed by atoms with Gasteiger partial charge in [-0.2, -0.15) is 0 Å². The van der Waals surface area contributed by atoms with Gasteiger partial charge in [-0.3, -0.25) is 0 Å². The molecule has 0 aromatic carbocycles. The Balaban J connectivity index is 2.31. The summed E-state index contributed by atoms with van der Waals surface area (Å²) < 4.78 is 0. The van der Waals surface area contributed by atoms with Crippen molar-refractivity contribution in [3.05, 3.63) is 16.1 Å². The average molecular weight is 241 g/mol. The third-order valence-electron chi connectivity index (χ3n) is 2.58. The molecule has 16 heavy (non-hydrogen) atoms. The summed E-state index contributed by atoms with van der Waals surface area (Å²) in [6, 6.07) is 0.622. The van der Waals surface area contributed by atoms with Crippen LogP contribution in [0.3, 0.4) is 0 Å². The Kier molecular flexibility index (Phi) is 5.95. The van der Waals surface area contributed by atoms with Gasteiger partial charge in [0.2, 0.25) is 0 Å². The van der Waals surface area contributed by atoms with Crippen LogP contribution in [0.25, 0.3) is 0 Å². The van der Waals surface area contributed by atoms with Gasteiger partial charge in [-0.05, 0) is 20.3 Å². The Morgan fingerprint density at radius 1 is 1.50 bits per heavy atom. The lowest BCUT2D eigenvalue weighted by atomic mass is 10.1. The topological polar surface area (TPSA) is 50.9 Å². The van der Waals surface area contributed by atoms with Gasteiger partial charge in [0.1, 0.15) is 5.01 Å². The van der Waals surface area contributed by atoms with E-state index in [1.54, 1.807) is 11.3 Å². The van der Waals surface area contributed by atoms with E-state index >= 15 is 0 Å². The Morgan fingerprint density at radius 2 is 2.25 bits per heavy atom. The van der Waals surface area contributed by atoms with Crippen LogP contribution >= 0.6 is 11.3 Å². The fraction of sp³-hybridized carbons (Fsp3) is 0.750. The average Bonchev–Trinajstić information content (AvgIpc) is 2.72. The van der Waals surface area contributed by atoms with Crippen molar-refractivity contribution >= 4 is 11.3 Å². The molecule has 3 N–H and O–H groups in total. The van der Waals surface area contributed by atoms with E-state index in [9.17, 15) is 0 Å². The number of aromatic nitrogens is 1. The molecule has 2 unspecified atom stereocenters. The van der Waals surface area contributed by atoms with Crippen molar-refractivity contribution in [3.8, 4) is 0 Å². The zero-order valence-corrected chi connectivity index (χ0v) is 11.3. The largest absolute Gasteiger partial charge is 0.322 e. The van der Waals surface area contributed by atoms with Crippen LogP contribution < -0.4 is 11.1 Å². The highest BCUT2D eigenvalue weighted by Gasteiger charge is 2.07. The minimum Gasteiger partial charge on any atom is -0.322 e. The summed E-state index contributed by atoms with van der Waals surface area (Å²) in [5, 5.41) is 6.61. The first-order chi connectivity index (χ1) is 7.63. The second-order valence-corrected chi connectivity index (χ2v) is 5.28. The van der Waals surface area contributed by atoms with Crippen LogP contribution in [-0.2, 0) is 6.54 Å². The molecule has 0 aliphatic rings. The number of thiazole rings is 1. The van der Waals surface area contributed by atoms with Crippen molar-refractivity contribution in [2.24, 2.45) is 5.73 Å². The highest BCUT2D eigenvalue weighted by atomic mass is 32.1. The van der Waals surface area contributed by atoms with Gasteiger partial charge in [0, 0.05) is 18.0 Å². The molecule has 92 valence electrons. The van der Waals surface area contributed by atoms with Crippen molar-refractivity contribution in [1.82, 2.24) is 10.3 Å². The first-order valence-electron chi connectivity index (χ1n) is 6.06. The lowest BCUT2D eigenvalue weighted by Crippen LogP contribution is -2.25. The molecule has 1 aromatic heterocycles. The minimum atomic E-state index is 0.0521. The molecule has 4 heteroatoms. The van der Waals surface area contributed by atoms with Gasteiger partial charge in [-0.25, -0.2) is 4.98 Å². The van der Waals surface area contributed by atoms with Crippen LogP contribution in [0.2, 0.25) is 0 Å². The molecule has 0 spiro atoms. The number of nitrogens with two attached hydrogens (primary N) is 1. The van der Waals surface area contributed by atoms with Crippen LogP contribution in [0.4, 0.5) is 0 Å². The summed E-state index contributed by atoms with van der Waals surface area (Å²) in [7, 11) is 0. The Morgan fingerprint density at radius 3 is 2.81 bits per heavy atom. The van der Waals surface area contributed by atoms with Gasteiger partial charge in [0.05, 0.1) is 11.7 Å². The summed E-state index contributed by atoms with van der Waals surface area (Å²) in [6.07, 6.45) is 3.79. The maximum Gasteiger partial charge on any atom is 0.109 e. The highest BCUT2D eigenvalue weighted by molar-refractivity contribution is 7.09. The standard InChI is InChI=1S/C12H23N3S/c1-4-5-6-9(2)14-7-11-8-16-12(15-11)10(3)13/h8-10,14H,4-7,13H2,1-3H3. The van der Waals surface area contributed by atoms with Crippen molar-refractivity contribution in [2.75, 3.05) is 0 Å². The lowest BCUT2D eigenvalue weighted by molar-refractivity contribution is 0.491. The smallest absolute Gasteiger partial charge is 0.109 e. The zero-order chi connectivity index (χ0) is 12.0. The second-order valence-electron chi connectivity index (χ2n) is 4.39. The monoisotopic (exact) mass is 241 g/mol. The Hall–Kier alpha value is -0.450. The minimum absolute atomic E-state index is 0.0521. The third kappa shape index (κ3) is 4.60.